The molecule has 148 valence electrons. The Kier molecular flexibility index (Phi) is 8.13. The summed E-state index contributed by atoms with van der Waals surface area (Å²) in [5, 5.41) is 3.73. The molecule has 11 heteroatoms. The normalized spacial score (nSPS) is 19.5. The molecule has 1 saturated heterocycles. The van der Waals surface area contributed by atoms with E-state index in [1.807, 2.05) is 0 Å². The molecular weight excluding hydrogens is 409 g/mol. The van der Waals surface area contributed by atoms with Gasteiger partial charge in [-0.2, -0.15) is 0 Å². The minimum absolute atomic E-state index is 0.352. The molecule has 1 rings (SSSR count). The molecule has 2 atom stereocenters. The Bertz CT molecular complexity index is 565. The van der Waals surface area contributed by atoms with E-state index in [4.69, 9.17) is 39.5 Å². The van der Waals surface area contributed by atoms with Crippen LogP contribution in [-0.2, 0) is 23.9 Å². The molecule has 0 unspecified atom stereocenters. The summed E-state index contributed by atoms with van der Waals surface area (Å²) in [5.41, 5.74) is 1.51. The molecule has 2 N–H and O–H groups in total. The number of nitrogens with zero attached hydrogens (tertiary/aromatic N) is 1. The molecule has 26 heavy (non-hydrogen) atoms. The van der Waals surface area contributed by atoms with E-state index >= 15 is 0 Å². The largest absolute Gasteiger partial charge is 0.460 e. The summed E-state index contributed by atoms with van der Waals surface area (Å²) in [7, 11) is 0. The van der Waals surface area contributed by atoms with Crippen LogP contribution in [0, 0.1) is 5.41 Å². The van der Waals surface area contributed by atoms with Crippen molar-refractivity contribution in [3.63, 3.8) is 0 Å². The van der Waals surface area contributed by atoms with E-state index in [1.54, 1.807) is 0 Å². The number of carbonyl (C=O) groups is 4. The van der Waals surface area contributed by atoms with Crippen LogP contribution in [-0.4, -0.2) is 58.1 Å². The maximum absolute atomic E-state index is 12.5. The van der Waals surface area contributed by atoms with Gasteiger partial charge in [-0.15, -0.1) is 0 Å². The number of hydrazine groups is 1. The number of ether oxygens (including phenoxy) is 1. The van der Waals surface area contributed by atoms with Gasteiger partial charge in [0, 0.05) is 6.54 Å². The van der Waals surface area contributed by atoms with Crippen LogP contribution in [0.15, 0.2) is 0 Å². The third kappa shape index (κ3) is 6.90. The van der Waals surface area contributed by atoms with Crippen LogP contribution in [0.2, 0.25) is 0 Å². The lowest BCUT2D eigenvalue weighted by atomic mass is 9.94. The van der Waals surface area contributed by atoms with Crippen molar-refractivity contribution in [2.75, 3.05) is 13.2 Å². The highest BCUT2D eigenvalue weighted by molar-refractivity contribution is 6.67. The molecule has 0 bridgehead atoms. The summed E-state index contributed by atoms with van der Waals surface area (Å²) in [6.07, 6.45) is 1.50. The first-order valence-electron chi connectivity index (χ1n) is 7.95. The number of amides is 2. The molecule has 1 fully saturated rings. The molecule has 2 amide bonds. The Morgan fingerprint density at radius 1 is 1.35 bits per heavy atom. The number of carbonyl (C=O) groups excluding carboxylic acids is 4. The van der Waals surface area contributed by atoms with Crippen molar-refractivity contribution < 1.29 is 23.9 Å². The number of alkyl halides is 3. The molecule has 0 aromatic carbocycles. The SMILES string of the molecule is C[C@H](NC(=O)C(C)(C)C=O)C(=O)N1CCC[C@@H](C(=O)OCC(Cl)(Cl)Cl)N1. The molecule has 8 nitrogen and oxygen atoms in total. The van der Waals surface area contributed by atoms with Crippen LogP contribution < -0.4 is 10.7 Å². The Morgan fingerprint density at radius 2 is 1.96 bits per heavy atom. The Morgan fingerprint density at radius 3 is 2.50 bits per heavy atom. The van der Waals surface area contributed by atoms with Crippen molar-refractivity contribution in [2.45, 2.75) is 49.5 Å². The lowest BCUT2D eigenvalue weighted by Gasteiger charge is -2.34. The molecular formula is C15H22Cl3N3O5. The Balaban J connectivity index is 2.62. The van der Waals surface area contributed by atoms with Crippen LogP contribution in [0.25, 0.3) is 0 Å². The fourth-order valence-corrected chi connectivity index (χ4v) is 2.26. The van der Waals surface area contributed by atoms with Gasteiger partial charge in [0.2, 0.25) is 9.70 Å². The third-order valence-electron chi connectivity index (χ3n) is 3.71. The van der Waals surface area contributed by atoms with Crippen molar-refractivity contribution in [2.24, 2.45) is 5.41 Å². The molecule has 1 aliphatic heterocycles. The number of nitrogens with one attached hydrogen (secondary N) is 2. The fourth-order valence-electron chi connectivity index (χ4n) is 2.10. The number of hydrogen-bond acceptors (Lipinski definition) is 6. The van der Waals surface area contributed by atoms with E-state index < -0.39 is 45.7 Å². The number of halogens is 3. The van der Waals surface area contributed by atoms with Gasteiger partial charge in [0.05, 0.1) is 5.41 Å². The van der Waals surface area contributed by atoms with Crippen molar-refractivity contribution in [1.29, 1.82) is 0 Å². The first-order valence-corrected chi connectivity index (χ1v) is 9.09. The predicted octanol–water partition coefficient (Wildman–Crippen LogP) is 1.13. The highest BCUT2D eigenvalue weighted by Crippen LogP contribution is 2.26. The topological polar surface area (TPSA) is 105 Å². The Hall–Kier alpha value is -1.09. The summed E-state index contributed by atoms with van der Waals surface area (Å²) in [5.74, 6) is -1.66. The van der Waals surface area contributed by atoms with E-state index in [1.165, 1.54) is 25.8 Å². The molecule has 0 radical (unpaired) electrons. The molecule has 0 aromatic heterocycles. The fraction of sp³-hybridized carbons (Fsp3) is 0.733. The van der Waals surface area contributed by atoms with E-state index in [0.717, 1.165) is 0 Å². The highest BCUT2D eigenvalue weighted by Gasteiger charge is 2.34. The number of esters is 1. The second-order valence-corrected chi connectivity index (χ2v) is 9.09. The number of hydrogen-bond donors (Lipinski definition) is 2. The lowest BCUT2D eigenvalue weighted by Crippen LogP contribution is -2.60. The molecule has 1 heterocycles. The van der Waals surface area contributed by atoms with Crippen molar-refractivity contribution >= 4 is 58.9 Å². The van der Waals surface area contributed by atoms with Crippen LogP contribution in [0.4, 0.5) is 0 Å². The first-order chi connectivity index (χ1) is 11.9. The summed E-state index contributed by atoms with van der Waals surface area (Å²) >= 11 is 16.6. The lowest BCUT2D eigenvalue weighted by molar-refractivity contribution is -0.153. The highest BCUT2D eigenvalue weighted by atomic mass is 35.6. The van der Waals surface area contributed by atoms with Gasteiger partial charge in [-0.3, -0.25) is 19.4 Å². The number of rotatable bonds is 6. The van der Waals surface area contributed by atoms with Crippen molar-refractivity contribution in [3.05, 3.63) is 0 Å². The van der Waals surface area contributed by atoms with E-state index in [-0.39, 0.29) is 0 Å². The standard InChI is InChI=1S/C15H22Cl3N3O5/c1-9(19-13(25)14(2,3)7-22)11(23)21-6-4-5-10(20-21)12(24)26-8-15(16,17)18/h7,9-10,20H,4-6,8H2,1-3H3,(H,19,25)/t9-,10-/m0/s1. The zero-order valence-corrected chi connectivity index (χ0v) is 17.0. The molecule has 0 spiro atoms. The average Bonchev–Trinajstić information content (AvgIpc) is 2.58. The van der Waals surface area contributed by atoms with Gasteiger partial charge < -0.3 is 14.8 Å². The summed E-state index contributed by atoms with van der Waals surface area (Å²) < 4.78 is 3.20. The summed E-state index contributed by atoms with van der Waals surface area (Å²) in [6.45, 7) is 4.33. The van der Waals surface area contributed by atoms with Gasteiger partial charge in [0.25, 0.3) is 5.91 Å². The van der Waals surface area contributed by atoms with Crippen LogP contribution in [0.3, 0.4) is 0 Å². The van der Waals surface area contributed by atoms with Gasteiger partial charge in [-0.25, -0.2) is 5.43 Å². The maximum atomic E-state index is 12.5. The smallest absolute Gasteiger partial charge is 0.325 e. The maximum Gasteiger partial charge on any atom is 0.325 e. The molecule has 1 aliphatic rings. The average molecular weight is 431 g/mol. The van der Waals surface area contributed by atoms with Gasteiger partial charge in [-0.1, -0.05) is 34.8 Å². The zero-order valence-electron chi connectivity index (χ0n) is 14.7. The molecule has 0 aliphatic carbocycles. The second kappa shape index (κ2) is 9.21. The van der Waals surface area contributed by atoms with Crippen molar-refractivity contribution in [1.82, 2.24) is 15.8 Å². The minimum atomic E-state index is -1.72. The molecule has 0 aromatic rings. The number of aldehydes is 1. The van der Waals surface area contributed by atoms with E-state index in [0.29, 0.717) is 25.7 Å². The second-order valence-electron chi connectivity index (χ2n) is 6.57. The first kappa shape index (κ1) is 23.0. The predicted molar refractivity (Wildman–Crippen MR) is 96.6 cm³/mol. The van der Waals surface area contributed by atoms with Gasteiger partial charge >= 0.3 is 5.97 Å². The quantitative estimate of drug-likeness (QED) is 0.283. The van der Waals surface area contributed by atoms with Gasteiger partial charge in [-0.05, 0) is 33.6 Å². The van der Waals surface area contributed by atoms with Gasteiger partial charge in [0.15, 0.2) is 0 Å². The van der Waals surface area contributed by atoms with Gasteiger partial charge in [0.1, 0.15) is 25.0 Å². The summed E-state index contributed by atoms with van der Waals surface area (Å²) in [6, 6.07) is -1.65. The monoisotopic (exact) mass is 429 g/mol. The van der Waals surface area contributed by atoms with Crippen LogP contribution >= 0.6 is 34.8 Å². The van der Waals surface area contributed by atoms with Crippen LogP contribution in [0.5, 0.6) is 0 Å². The summed E-state index contributed by atoms with van der Waals surface area (Å²) in [4.78, 5) is 47.4. The molecule has 0 saturated carbocycles. The third-order valence-corrected chi connectivity index (χ3v) is 4.04. The van der Waals surface area contributed by atoms with Crippen LogP contribution in [0.1, 0.15) is 33.6 Å². The minimum Gasteiger partial charge on any atom is -0.460 e. The zero-order chi connectivity index (χ0) is 20.1. The van der Waals surface area contributed by atoms with E-state index in [2.05, 4.69) is 10.7 Å². The van der Waals surface area contributed by atoms with Crippen molar-refractivity contribution in [3.8, 4) is 0 Å². The van der Waals surface area contributed by atoms with E-state index in [9.17, 15) is 19.2 Å². The Labute approximate surface area is 166 Å².